The van der Waals surface area contributed by atoms with Crippen LogP contribution in [0.5, 0.6) is 0 Å². The van der Waals surface area contributed by atoms with Crippen LogP contribution in [0.25, 0.3) is 0 Å². The summed E-state index contributed by atoms with van der Waals surface area (Å²) in [6.45, 7) is 15.6. The average Bonchev–Trinajstić information content (AvgIpc) is 2.66. The van der Waals surface area contributed by atoms with Crippen LogP contribution < -0.4 is 5.32 Å². The van der Waals surface area contributed by atoms with Crippen molar-refractivity contribution in [2.24, 2.45) is 5.92 Å². The molecule has 1 aliphatic carbocycles. The van der Waals surface area contributed by atoms with Crippen molar-refractivity contribution < 1.29 is 31.0 Å². The van der Waals surface area contributed by atoms with E-state index in [-0.39, 0.29) is 17.1 Å². The summed E-state index contributed by atoms with van der Waals surface area (Å²) in [5, 5.41) is 3.49. The molecule has 1 aromatic rings. The topological polar surface area (TPSA) is 71.7 Å². The molecule has 0 saturated heterocycles. The first-order valence-electron chi connectivity index (χ1n) is 6.64. The maximum atomic E-state index is 7.50. The molecule has 1 atom stereocenters. The summed E-state index contributed by atoms with van der Waals surface area (Å²) in [4.78, 5) is 0. The van der Waals surface area contributed by atoms with Gasteiger partial charge in [0.1, 0.15) is 0 Å². The second-order valence-electron chi connectivity index (χ2n) is 4.26. The molecule has 122 valence electrons. The van der Waals surface area contributed by atoms with Gasteiger partial charge < -0.3 is 5.32 Å². The van der Waals surface area contributed by atoms with Crippen molar-refractivity contribution in [2.45, 2.75) is 19.4 Å². The van der Waals surface area contributed by atoms with E-state index in [1.807, 2.05) is 0 Å². The maximum Gasteiger partial charge on any atom is 0 e. The summed E-state index contributed by atoms with van der Waals surface area (Å²) in [5.74, 6) is 0.730. The Balaban J connectivity index is -0.000000514. The van der Waals surface area contributed by atoms with Crippen molar-refractivity contribution in [2.75, 3.05) is 6.54 Å². The van der Waals surface area contributed by atoms with E-state index in [0.29, 0.717) is 0 Å². The first-order valence-corrected chi connectivity index (χ1v) is 6.64. The van der Waals surface area contributed by atoms with E-state index in [0.717, 1.165) is 19.0 Å². The van der Waals surface area contributed by atoms with E-state index in [1.54, 1.807) is 0 Å². The molecule has 0 saturated carbocycles. The van der Waals surface area contributed by atoms with Crippen LogP contribution in [0, 0.1) is 25.9 Å². The first-order chi connectivity index (χ1) is 10.9. The van der Waals surface area contributed by atoms with E-state index in [4.69, 9.17) is 14.0 Å². The Bertz CT molecular complexity index is 464. The standard InChI is InChI=1S/C15H19N.3CO.Fe/c1-3-7-14(8-4-1)11-12-16-13-15-9-5-2-6-10-15;3*1-2;/h1-7,9-10,14,16H,8,11-13H2;;;;/t14-;;;;/m1..../s1. The van der Waals surface area contributed by atoms with Crippen molar-refractivity contribution in [1.29, 1.82) is 0 Å². The number of rotatable bonds is 5. The van der Waals surface area contributed by atoms with Gasteiger partial charge in [0.25, 0.3) is 0 Å². The molecule has 0 spiro atoms. The average molecular weight is 353 g/mol. The fraction of sp³-hybridized carbons (Fsp3) is 0.278. The van der Waals surface area contributed by atoms with Crippen molar-refractivity contribution in [3.05, 3.63) is 80.2 Å². The van der Waals surface area contributed by atoms with Gasteiger partial charge in [-0.2, -0.15) is 0 Å². The normalized spacial score (nSPS) is 13.4. The minimum Gasteiger partial charge on any atom is 0 e. The second kappa shape index (κ2) is 22.7. The smallest absolute Gasteiger partial charge is 0 e. The molecule has 0 fully saturated rings. The van der Waals surface area contributed by atoms with Gasteiger partial charge in [-0.25, -0.2) is 0 Å². The molecule has 1 aliphatic rings. The Morgan fingerprint density at radius 1 is 0.957 bits per heavy atom. The van der Waals surface area contributed by atoms with Gasteiger partial charge in [0.2, 0.25) is 0 Å². The molecule has 0 heterocycles. The second-order valence-corrected chi connectivity index (χ2v) is 4.26. The van der Waals surface area contributed by atoms with Crippen LogP contribution in [0.3, 0.4) is 0 Å². The van der Waals surface area contributed by atoms with Crippen LogP contribution in [0.2, 0.25) is 0 Å². The maximum absolute atomic E-state index is 7.50. The van der Waals surface area contributed by atoms with E-state index in [1.165, 1.54) is 18.4 Å². The monoisotopic (exact) mass is 353 g/mol. The van der Waals surface area contributed by atoms with E-state index < -0.39 is 0 Å². The molecule has 5 heteroatoms. The minimum absolute atomic E-state index is 0. The molecule has 0 radical (unpaired) electrons. The number of hydrogen-bond donors (Lipinski definition) is 1. The third-order valence-electron chi connectivity index (χ3n) is 2.93. The van der Waals surface area contributed by atoms with Gasteiger partial charge in [0.15, 0.2) is 0 Å². The minimum atomic E-state index is 0. The van der Waals surface area contributed by atoms with Gasteiger partial charge in [-0.1, -0.05) is 54.6 Å². The quantitative estimate of drug-likeness (QED) is 0.376. The fourth-order valence-corrected chi connectivity index (χ4v) is 1.96. The van der Waals surface area contributed by atoms with E-state index >= 15 is 0 Å². The van der Waals surface area contributed by atoms with E-state index in [2.05, 4.69) is 79.9 Å². The zero-order valence-corrected chi connectivity index (χ0v) is 13.8. The molecule has 0 aliphatic heterocycles. The zero-order chi connectivity index (χ0) is 17.1. The molecule has 23 heavy (non-hydrogen) atoms. The SMILES string of the molecule is C1=CC[C@H](CCNCc2ccccc2)C=C1.[C-]#[O+].[C-]#[O+].[C-]#[O+].[Fe]. The molecule has 0 amide bonds. The van der Waals surface area contributed by atoms with Crippen LogP contribution in [0.4, 0.5) is 0 Å². The van der Waals surface area contributed by atoms with Crippen LogP contribution in [0.1, 0.15) is 18.4 Å². The summed E-state index contributed by atoms with van der Waals surface area (Å²) >= 11 is 0. The number of allylic oxidation sites excluding steroid dienone is 4. The Kier molecular flexibility index (Phi) is 25.9. The summed E-state index contributed by atoms with van der Waals surface area (Å²) in [5.41, 5.74) is 1.36. The molecular weight excluding hydrogens is 334 g/mol. The Hall–Kier alpha value is -1.60. The number of hydrogen-bond acceptors (Lipinski definition) is 1. The van der Waals surface area contributed by atoms with Crippen LogP contribution in [-0.2, 0) is 37.6 Å². The van der Waals surface area contributed by atoms with Gasteiger partial charge in [0, 0.05) is 23.6 Å². The molecule has 0 aromatic heterocycles. The molecule has 0 unspecified atom stereocenters. The van der Waals surface area contributed by atoms with Gasteiger partial charge in [0.05, 0.1) is 0 Å². The van der Waals surface area contributed by atoms with Crippen molar-refractivity contribution >= 4 is 0 Å². The Morgan fingerprint density at radius 3 is 2.09 bits per heavy atom. The molecule has 4 nitrogen and oxygen atoms in total. The van der Waals surface area contributed by atoms with E-state index in [9.17, 15) is 0 Å². The Morgan fingerprint density at radius 2 is 1.57 bits per heavy atom. The number of benzene rings is 1. The third kappa shape index (κ3) is 15.1. The zero-order valence-electron chi connectivity index (χ0n) is 12.7. The largest absolute Gasteiger partial charge is 0 e. The number of nitrogens with one attached hydrogen (secondary N) is 1. The van der Waals surface area contributed by atoms with Crippen LogP contribution in [-0.4, -0.2) is 6.54 Å². The molecule has 2 rings (SSSR count). The van der Waals surface area contributed by atoms with Crippen molar-refractivity contribution in [3.8, 4) is 0 Å². The molecule has 0 bridgehead atoms. The predicted octanol–water partition coefficient (Wildman–Crippen LogP) is 3.18. The molecular formula is C18H19FeNO3. The van der Waals surface area contributed by atoms with Crippen LogP contribution >= 0.6 is 0 Å². The van der Waals surface area contributed by atoms with Gasteiger partial charge in [-0.15, -0.1) is 0 Å². The summed E-state index contributed by atoms with van der Waals surface area (Å²) in [7, 11) is 0. The van der Waals surface area contributed by atoms with Gasteiger partial charge >= 0.3 is 33.9 Å². The van der Waals surface area contributed by atoms with Gasteiger partial charge in [-0.05, 0) is 30.9 Å². The predicted molar refractivity (Wildman–Crippen MR) is 80.9 cm³/mol. The van der Waals surface area contributed by atoms with Crippen molar-refractivity contribution in [1.82, 2.24) is 5.32 Å². The van der Waals surface area contributed by atoms with Gasteiger partial charge in [-0.3, -0.25) is 0 Å². The third-order valence-corrected chi connectivity index (χ3v) is 2.93. The molecule has 1 aromatic carbocycles. The Labute approximate surface area is 148 Å². The van der Waals surface area contributed by atoms with Crippen LogP contribution in [0.15, 0.2) is 54.6 Å². The summed E-state index contributed by atoms with van der Waals surface area (Å²) in [6, 6.07) is 10.6. The molecule has 1 N–H and O–H groups in total. The summed E-state index contributed by atoms with van der Waals surface area (Å²) in [6.07, 6.45) is 11.3. The van der Waals surface area contributed by atoms with Crippen molar-refractivity contribution in [3.63, 3.8) is 0 Å². The summed E-state index contributed by atoms with van der Waals surface area (Å²) < 4.78 is 22.5. The fourth-order valence-electron chi connectivity index (χ4n) is 1.96. The first kappa shape index (κ1) is 26.3.